The third kappa shape index (κ3) is 2.86. The minimum atomic E-state index is -0.161. The summed E-state index contributed by atoms with van der Waals surface area (Å²) in [6, 6.07) is 13.6. The number of nitrogens with one attached hydrogen (secondary N) is 2. The summed E-state index contributed by atoms with van der Waals surface area (Å²) in [5.41, 5.74) is 4.75. The topological polar surface area (TPSA) is 65.2 Å². The molecule has 5 nitrogen and oxygen atoms in total. The first-order valence-electron chi connectivity index (χ1n) is 8.76. The number of H-pyrrole nitrogens is 1. The molecule has 0 radical (unpaired) electrons. The molecule has 1 saturated heterocycles. The molecule has 3 aromatic rings. The van der Waals surface area contributed by atoms with Crippen LogP contribution in [-0.2, 0) is 4.79 Å². The van der Waals surface area contributed by atoms with Crippen LogP contribution in [0.5, 0.6) is 0 Å². The number of carbonyl (C=O) groups is 2. The van der Waals surface area contributed by atoms with Crippen molar-refractivity contribution in [1.82, 2.24) is 9.88 Å². The first-order chi connectivity index (χ1) is 12.5. The van der Waals surface area contributed by atoms with E-state index in [-0.39, 0.29) is 17.7 Å². The molecule has 132 valence electrons. The van der Waals surface area contributed by atoms with Crippen molar-refractivity contribution in [2.75, 3.05) is 18.4 Å². The summed E-state index contributed by atoms with van der Waals surface area (Å²) in [6.45, 7) is 4.97. The Kier molecular flexibility index (Phi) is 3.99. The number of hydrogen-bond acceptors (Lipinski definition) is 2. The number of amides is 2. The van der Waals surface area contributed by atoms with E-state index < -0.39 is 0 Å². The molecular weight excluding hydrogens is 326 g/mol. The van der Waals surface area contributed by atoms with Crippen LogP contribution in [0.4, 0.5) is 5.69 Å². The van der Waals surface area contributed by atoms with Crippen molar-refractivity contribution in [2.24, 2.45) is 5.92 Å². The van der Waals surface area contributed by atoms with E-state index in [1.54, 1.807) is 11.1 Å². The quantitative estimate of drug-likeness (QED) is 0.762. The predicted molar refractivity (Wildman–Crippen MR) is 102 cm³/mol. The van der Waals surface area contributed by atoms with Gasteiger partial charge in [-0.3, -0.25) is 9.59 Å². The third-order valence-corrected chi connectivity index (χ3v) is 5.13. The lowest BCUT2D eigenvalue weighted by atomic mass is 9.97. The Morgan fingerprint density at radius 1 is 1.08 bits per heavy atom. The number of hydrogen-bond donors (Lipinski definition) is 2. The molecule has 2 amide bonds. The summed E-state index contributed by atoms with van der Waals surface area (Å²) in [5.74, 6) is -0.223. The fourth-order valence-corrected chi connectivity index (χ4v) is 3.29. The van der Waals surface area contributed by atoms with Crippen molar-refractivity contribution < 1.29 is 9.59 Å². The van der Waals surface area contributed by atoms with Crippen LogP contribution in [0.2, 0.25) is 0 Å². The first-order valence-corrected chi connectivity index (χ1v) is 8.76. The number of aryl methyl sites for hydroxylation is 2. The van der Waals surface area contributed by atoms with Gasteiger partial charge in [0.05, 0.1) is 11.5 Å². The van der Waals surface area contributed by atoms with E-state index in [1.807, 2.05) is 56.3 Å². The number of nitrogens with zero attached hydrogens (tertiary/aromatic N) is 1. The van der Waals surface area contributed by atoms with E-state index in [9.17, 15) is 9.59 Å². The number of rotatable bonds is 3. The van der Waals surface area contributed by atoms with Gasteiger partial charge in [0, 0.05) is 35.9 Å². The first kappa shape index (κ1) is 16.4. The second-order valence-electron chi connectivity index (χ2n) is 6.94. The van der Waals surface area contributed by atoms with Gasteiger partial charge in [0.15, 0.2) is 0 Å². The number of aromatic amines is 1. The minimum absolute atomic E-state index is 0.0299. The zero-order valence-corrected chi connectivity index (χ0v) is 14.9. The Bertz CT molecular complexity index is 999. The standard InChI is InChI=1S/C21H21N3O2/c1-13-7-8-16(9-14(13)2)23-20(25)15-11-24(12-15)21(26)18-10-22-19-6-4-3-5-17(18)19/h3-10,15,22H,11-12H2,1-2H3,(H,23,25). The van der Waals surface area contributed by atoms with Crippen molar-refractivity contribution in [2.45, 2.75) is 13.8 Å². The Morgan fingerprint density at radius 2 is 1.85 bits per heavy atom. The molecule has 26 heavy (non-hydrogen) atoms. The van der Waals surface area contributed by atoms with Crippen LogP contribution in [0, 0.1) is 19.8 Å². The number of likely N-dealkylation sites (tertiary alicyclic amines) is 1. The molecule has 0 aliphatic carbocycles. The summed E-state index contributed by atoms with van der Waals surface area (Å²) in [5, 5.41) is 3.87. The van der Waals surface area contributed by atoms with Crippen molar-refractivity contribution in [3.63, 3.8) is 0 Å². The zero-order chi connectivity index (χ0) is 18.3. The average Bonchev–Trinajstić information content (AvgIpc) is 3.01. The predicted octanol–water partition coefficient (Wildman–Crippen LogP) is 3.50. The number of fused-ring (bicyclic) bond motifs is 1. The Morgan fingerprint density at radius 3 is 2.62 bits per heavy atom. The molecule has 1 aliphatic heterocycles. The Hall–Kier alpha value is -3.08. The Labute approximate surface area is 152 Å². The molecule has 1 aromatic heterocycles. The highest BCUT2D eigenvalue weighted by atomic mass is 16.2. The number of benzene rings is 2. The highest BCUT2D eigenvalue weighted by Gasteiger charge is 2.36. The van der Waals surface area contributed by atoms with Gasteiger partial charge >= 0.3 is 0 Å². The molecule has 2 aromatic carbocycles. The lowest BCUT2D eigenvalue weighted by Gasteiger charge is -2.38. The largest absolute Gasteiger partial charge is 0.360 e. The Balaban J connectivity index is 1.39. The second kappa shape index (κ2) is 6.33. The number of para-hydroxylation sites is 1. The van der Waals surface area contributed by atoms with Gasteiger partial charge in [-0.1, -0.05) is 24.3 Å². The fourth-order valence-electron chi connectivity index (χ4n) is 3.29. The molecule has 2 heterocycles. The van der Waals surface area contributed by atoms with Gasteiger partial charge in [-0.25, -0.2) is 0 Å². The number of carbonyl (C=O) groups excluding carboxylic acids is 2. The molecule has 2 N–H and O–H groups in total. The van der Waals surface area contributed by atoms with Gasteiger partial charge in [-0.2, -0.15) is 0 Å². The van der Waals surface area contributed by atoms with E-state index in [1.165, 1.54) is 5.56 Å². The van der Waals surface area contributed by atoms with E-state index in [0.717, 1.165) is 22.2 Å². The van der Waals surface area contributed by atoms with Crippen LogP contribution in [0.3, 0.4) is 0 Å². The van der Waals surface area contributed by atoms with Gasteiger partial charge in [0.25, 0.3) is 5.91 Å². The van der Waals surface area contributed by atoms with Crippen LogP contribution in [0.1, 0.15) is 21.5 Å². The molecule has 0 saturated carbocycles. The maximum atomic E-state index is 12.7. The molecule has 0 spiro atoms. The fraction of sp³-hybridized carbons (Fsp3) is 0.238. The van der Waals surface area contributed by atoms with Crippen molar-refractivity contribution in [3.8, 4) is 0 Å². The van der Waals surface area contributed by atoms with Gasteiger partial charge in [-0.05, 0) is 43.2 Å². The normalized spacial score (nSPS) is 14.3. The number of aromatic nitrogens is 1. The van der Waals surface area contributed by atoms with Gasteiger partial charge in [0.2, 0.25) is 5.91 Å². The maximum absolute atomic E-state index is 12.7. The molecule has 1 aliphatic rings. The van der Waals surface area contributed by atoms with Crippen molar-refractivity contribution in [3.05, 3.63) is 65.4 Å². The molecule has 0 atom stereocenters. The van der Waals surface area contributed by atoms with Crippen LogP contribution < -0.4 is 5.32 Å². The smallest absolute Gasteiger partial charge is 0.256 e. The maximum Gasteiger partial charge on any atom is 0.256 e. The van der Waals surface area contributed by atoms with E-state index in [2.05, 4.69) is 10.3 Å². The second-order valence-corrected chi connectivity index (χ2v) is 6.94. The summed E-state index contributed by atoms with van der Waals surface area (Å²) >= 11 is 0. The lowest BCUT2D eigenvalue weighted by Crippen LogP contribution is -2.54. The van der Waals surface area contributed by atoms with Crippen LogP contribution >= 0.6 is 0 Å². The molecule has 0 unspecified atom stereocenters. The highest BCUT2D eigenvalue weighted by Crippen LogP contribution is 2.25. The molecule has 4 rings (SSSR count). The van der Waals surface area contributed by atoms with E-state index >= 15 is 0 Å². The third-order valence-electron chi connectivity index (χ3n) is 5.13. The monoisotopic (exact) mass is 347 g/mol. The van der Waals surface area contributed by atoms with Crippen LogP contribution in [-0.4, -0.2) is 34.8 Å². The van der Waals surface area contributed by atoms with Crippen LogP contribution in [0.25, 0.3) is 10.9 Å². The SMILES string of the molecule is Cc1ccc(NC(=O)C2CN(C(=O)c3c[nH]c4ccccc34)C2)cc1C. The summed E-state index contributed by atoms with van der Waals surface area (Å²) in [4.78, 5) is 29.9. The number of anilines is 1. The lowest BCUT2D eigenvalue weighted by molar-refractivity contribution is -0.123. The molecular formula is C21H21N3O2. The van der Waals surface area contributed by atoms with E-state index in [0.29, 0.717) is 18.7 Å². The summed E-state index contributed by atoms with van der Waals surface area (Å²) < 4.78 is 0. The van der Waals surface area contributed by atoms with Gasteiger partial charge < -0.3 is 15.2 Å². The van der Waals surface area contributed by atoms with E-state index in [4.69, 9.17) is 0 Å². The van der Waals surface area contributed by atoms with Crippen LogP contribution in [0.15, 0.2) is 48.7 Å². The molecule has 1 fully saturated rings. The molecule has 0 bridgehead atoms. The zero-order valence-electron chi connectivity index (χ0n) is 14.9. The summed E-state index contributed by atoms with van der Waals surface area (Å²) in [7, 11) is 0. The van der Waals surface area contributed by atoms with Crippen molar-refractivity contribution in [1.29, 1.82) is 0 Å². The summed E-state index contributed by atoms with van der Waals surface area (Å²) in [6.07, 6.45) is 1.75. The van der Waals surface area contributed by atoms with Gasteiger partial charge in [-0.15, -0.1) is 0 Å². The highest BCUT2D eigenvalue weighted by molar-refractivity contribution is 6.07. The molecule has 5 heteroatoms. The van der Waals surface area contributed by atoms with Gasteiger partial charge in [0.1, 0.15) is 0 Å². The van der Waals surface area contributed by atoms with Crippen molar-refractivity contribution >= 4 is 28.4 Å². The average molecular weight is 347 g/mol. The minimum Gasteiger partial charge on any atom is -0.360 e.